The fourth-order valence-corrected chi connectivity index (χ4v) is 3.59. The third kappa shape index (κ3) is 3.51. The van der Waals surface area contributed by atoms with Crippen LogP contribution in [0.1, 0.15) is 19.3 Å². The van der Waals surface area contributed by atoms with E-state index in [-0.39, 0.29) is 12.5 Å². The van der Waals surface area contributed by atoms with E-state index in [0.717, 1.165) is 70.5 Å². The van der Waals surface area contributed by atoms with Crippen LogP contribution in [0.25, 0.3) is 0 Å². The van der Waals surface area contributed by atoms with Gasteiger partial charge in [0.1, 0.15) is 6.61 Å². The zero-order valence-corrected chi connectivity index (χ0v) is 12.2. The highest BCUT2D eigenvalue weighted by Crippen LogP contribution is 2.27. The van der Waals surface area contributed by atoms with Crippen LogP contribution in [0.15, 0.2) is 0 Å². The molecule has 0 aromatic heterocycles. The van der Waals surface area contributed by atoms with Crippen LogP contribution in [0.4, 0.5) is 0 Å². The first-order valence-electron chi connectivity index (χ1n) is 7.97. The Morgan fingerprint density at radius 2 is 1.95 bits per heavy atom. The van der Waals surface area contributed by atoms with Crippen LogP contribution in [0, 0.1) is 17.8 Å². The standard InChI is InChI=1S/C15H26N2O3/c18-15(11-20-10-12-3-6-19-9-12)17-4-1-13-7-16-8-14(13)2-5-17/h12-14,16H,1-11H2/t12?,13-,14+. The molecule has 0 aromatic rings. The van der Waals surface area contributed by atoms with Gasteiger partial charge in [0.2, 0.25) is 5.91 Å². The van der Waals surface area contributed by atoms with Crippen molar-refractivity contribution in [1.29, 1.82) is 0 Å². The first-order valence-corrected chi connectivity index (χ1v) is 7.97. The zero-order chi connectivity index (χ0) is 13.8. The van der Waals surface area contributed by atoms with Gasteiger partial charge < -0.3 is 19.7 Å². The molecule has 0 bridgehead atoms. The summed E-state index contributed by atoms with van der Waals surface area (Å²) in [6, 6.07) is 0. The molecule has 0 spiro atoms. The van der Waals surface area contributed by atoms with Crippen molar-refractivity contribution in [2.75, 3.05) is 52.6 Å². The fourth-order valence-electron chi connectivity index (χ4n) is 3.59. The van der Waals surface area contributed by atoms with Gasteiger partial charge >= 0.3 is 0 Å². The number of ether oxygens (including phenoxy) is 2. The van der Waals surface area contributed by atoms with Gasteiger partial charge in [0, 0.05) is 25.6 Å². The Kier molecular flexibility index (Phi) is 4.91. The van der Waals surface area contributed by atoms with Crippen molar-refractivity contribution in [3.05, 3.63) is 0 Å². The molecule has 3 fully saturated rings. The maximum absolute atomic E-state index is 12.2. The highest BCUT2D eigenvalue weighted by molar-refractivity contribution is 5.77. The van der Waals surface area contributed by atoms with Gasteiger partial charge in [0.15, 0.2) is 0 Å². The third-order valence-electron chi connectivity index (χ3n) is 4.98. The lowest BCUT2D eigenvalue weighted by molar-refractivity contribution is -0.136. The fraction of sp³-hybridized carbons (Fsp3) is 0.933. The van der Waals surface area contributed by atoms with Gasteiger partial charge in [-0.3, -0.25) is 4.79 Å². The molecule has 5 heteroatoms. The SMILES string of the molecule is O=C(COCC1CCOC1)N1CC[C@@H]2CNC[C@@H]2CC1. The van der Waals surface area contributed by atoms with Gasteiger partial charge in [-0.1, -0.05) is 0 Å². The van der Waals surface area contributed by atoms with Gasteiger partial charge in [-0.15, -0.1) is 0 Å². The van der Waals surface area contributed by atoms with Crippen molar-refractivity contribution in [2.45, 2.75) is 19.3 Å². The number of hydrogen-bond donors (Lipinski definition) is 1. The van der Waals surface area contributed by atoms with Gasteiger partial charge in [0.05, 0.1) is 13.2 Å². The predicted octanol–water partition coefficient (Wildman–Crippen LogP) is 0.498. The minimum Gasteiger partial charge on any atom is -0.381 e. The molecule has 3 rings (SSSR count). The normalized spacial score (nSPS) is 34.0. The summed E-state index contributed by atoms with van der Waals surface area (Å²) >= 11 is 0. The second-order valence-corrected chi connectivity index (χ2v) is 6.38. The van der Waals surface area contributed by atoms with Crippen molar-refractivity contribution in [3.8, 4) is 0 Å². The van der Waals surface area contributed by atoms with Crippen molar-refractivity contribution in [1.82, 2.24) is 10.2 Å². The summed E-state index contributed by atoms with van der Waals surface area (Å²) in [5, 5.41) is 3.46. The number of carbonyl (C=O) groups is 1. The molecule has 3 aliphatic rings. The molecule has 1 N–H and O–H groups in total. The monoisotopic (exact) mass is 282 g/mol. The van der Waals surface area contributed by atoms with Crippen molar-refractivity contribution >= 4 is 5.91 Å². The van der Waals surface area contributed by atoms with Crippen molar-refractivity contribution < 1.29 is 14.3 Å². The maximum atomic E-state index is 12.2. The van der Waals surface area contributed by atoms with Crippen LogP contribution in [-0.2, 0) is 14.3 Å². The minimum absolute atomic E-state index is 0.164. The summed E-state index contributed by atoms with van der Waals surface area (Å²) in [6.45, 7) is 6.59. The molecule has 0 aromatic carbocycles. The van der Waals surface area contributed by atoms with Crippen LogP contribution < -0.4 is 5.32 Å². The first-order chi connectivity index (χ1) is 9.83. The lowest BCUT2D eigenvalue weighted by atomic mass is 9.92. The molecule has 0 radical (unpaired) electrons. The Morgan fingerprint density at radius 3 is 2.60 bits per heavy atom. The molecule has 0 aliphatic carbocycles. The number of fused-ring (bicyclic) bond motifs is 1. The number of likely N-dealkylation sites (tertiary alicyclic amines) is 1. The second kappa shape index (κ2) is 6.87. The van der Waals surface area contributed by atoms with E-state index in [1.807, 2.05) is 4.90 Å². The summed E-state index contributed by atoms with van der Waals surface area (Å²) in [5.41, 5.74) is 0. The largest absolute Gasteiger partial charge is 0.381 e. The minimum atomic E-state index is 0.164. The lowest BCUT2D eigenvalue weighted by Crippen LogP contribution is -2.35. The Labute approximate surface area is 121 Å². The van der Waals surface area contributed by atoms with Gasteiger partial charge in [-0.25, -0.2) is 0 Å². The Hall–Kier alpha value is -0.650. The zero-order valence-electron chi connectivity index (χ0n) is 12.2. The van der Waals surface area contributed by atoms with Crippen molar-refractivity contribution in [2.24, 2.45) is 17.8 Å². The van der Waals surface area contributed by atoms with Crippen LogP contribution in [0.3, 0.4) is 0 Å². The number of hydrogen-bond acceptors (Lipinski definition) is 4. The van der Waals surface area contributed by atoms with E-state index in [1.165, 1.54) is 0 Å². The van der Waals surface area contributed by atoms with Gasteiger partial charge in [-0.2, -0.15) is 0 Å². The van der Waals surface area contributed by atoms with Gasteiger partial charge in [0.25, 0.3) is 0 Å². The molecule has 1 amide bonds. The van der Waals surface area contributed by atoms with E-state index in [4.69, 9.17) is 9.47 Å². The number of nitrogens with one attached hydrogen (secondary N) is 1. The molecular weight excluding hydrogens is 256 g/mol. The summed E-state index contributed by atoms with van der Waals surface area (Å²) in [6.07, 6.45) is 3.34. The lowest BCUT2D eigenvalue weighted by Gasteiger charge is -2.21. The van der Waals surface area contributed by atoms with Crippen LogP contribution in [-0.4, -0.2) is 63.4 Å². The molecule has 0 saturated carbocycles. The van der Waals surface area contributed by atoms with Gasteiger partial charge in [-0.05, 0) is 44.2 Å². The number of carbonyl (C=O) groups excluding carboxylic acids is 1. The Morgan fingerprint density at radius 1 is 1.20 bits per heavy atom. The summed E-state index contributed by atoms with van der Waals surface area (Å²) in [5.74, 6) is 2.18. The molecule has 3 saturated heterocycles. The number of amides is 1. The average molecular weight is 282 g/mol. The summed E-state index contributed by atoms with van der Waals surface area (Å²) < 4.78 is 10.9. The number of nitrogens with zero attached hydrogens (tertiary/aromatic N) is 1. The highest BCUT2D eigenvalue weighted by atomic mass is 16.5. The predicted molar refractivity (Wildman–Crippen MR) is 75.4 cm³/mol. The molecule has 1 unspecified atom stereocenters. The van der Waals surface area contributed by atoms with E-state index in [1.54, 1.807) is 0 Å². The van der Waals surface area contributed by atoms with Crippen molar-refractivity contribution in [3.63, 3.8) is 0 Å². The first kappa shape index (κ1) is 14.3. The molecule has 3 heterocycles. The van der Waals surface area contributed by atoms with E-state index in [0.29, 0.717) is 12.5 Å². The van der Waals surface area contributed by atoms with Crippen LogP contribution in [0.5, 0.6) is 0 Å². The van der Waals surface area contributed by atoms with E-state index < -0.39 is 0 Å². The smallest absolute Gasteiger partial charge is 0.248 e. The van der Waals surface area contributed by atoms with E-state index in [9.17, 15) is 4.79 Å². The Balaban J connectivity index is 1.38. The quantitative estimate of drug-likeness (QED) is 0.816. The molecule has 3 aliphatic heterocycles. The summed E-state index contributed by atoms with van der Waals surface area (Å²) in [7, 11) is 0. The highest BCUT2D eigenvalue weighted by Gasteiger charge is 2.31. The third-order valence-corrected chi connectivity index (χ3v) is 4.98. The maximum Gasteiger partial charge on any atom is 0.248 e. The molecular formula is C15H26N2O3. The van der Waals surface area contributed by atoms with E-state index in [2.05, 4.69) is 5.32 Å². The molecule has 114 valence electrons. The average Bonchev–Trinajstić information content (AvgIpc) is 3.08. The molecule has 3 atom stereocenters. The molecule has 5 nitrogen and oxygen atoms in total. The molecule has 20 heavy (non-hydrogen) atoms. The topological polar surface area (TPSA) is 50.8 Å². The Bertz CT molecular complexity index is 317. The van der Waals surface area contributed by atoms with Crippen LogP contribution in [0.2, 0.25) is 0 Å². The number of rotatable bonds is 4. The summed E-state index contributed by atoms with van der Waals surface area (Å²) in [4.78, 5) is 14.2. The van der Waals surface area contributed by atoms with Crippen LogP contribution >= 0.6 is 0 Å². The van der Waals surface area contributed by atoms with E-state index >= 15 is 0 Å². The second-order valence-electron chi connectivity index (χ2n) is 6.38.